The summed E-state index contributed by atoms with van der Waals surface area (Å²) in [6.07, 6.45) is 1.19. The van der Waals surface area contributed by atoms with Crippen molar-refractivity contribution < 1.29 is 19.4 Å². The summed E-state index contributed by atoms with van der Waals surface area (Å²) in [5.74, 6) is -0.854. The summed E-state index contributed by atoms with van der Waals surface area (Å²) in [6.45, 7) is 1.20. The first-order valence-electron chi connectivity index (χ1n) is 6.85. The monoisotopic (exact) mass is 294 g/mol. The highest BCUT2D eigenvalue weighted by atomic mass is 16.5. The maximum atomic E-state index is 12.1. The number of rotatable bonds is 8. The summed E-state index contributed by atoms with van der Waals surface area (Å²) in [5, 5.41) is 11.6. The fourth-order valence-corrected chi connectivity index (χ4v) is 1.86. The number of carbonyl (C=O) groups excluding carboxylic acids is 1. The average molecular weight is 294 g/mol. The molecule has 0 fully saturated rings. The molecule has 0 saturated heterocycles. The second-order valence-corrected chi connectivity index (χ2v) is 4.75. The number of hydrogen-bond acceptors (Lipinski definition) is 3. The number of nitrogens with zero attached hydrogens (tertiary/aromatic N) is 1. The molecule has 2 N–H and O–H groups in total. The van der Waals surface area contributed by atoms with Crippen molar-refractivity contribution in [3.05, 3.63) is 29.8 Å². The molecule has 0 bridgehead atoms. The van der Waals surface area contributed by atoms with E-state index in [0.717, 1.165) is 12.0 Å². The molecule has 116 valence electrons. The fraction of sp³-hybridized carbons (Fsp3) is 0.467. The van der Waals surface area contributed by atoms with Crippen LogP contribution in [0.2, 0.25) is 0 Å². The number of ether oxygens (including phenoxy) is 1. The van der Waals surface area contributed by atoms with Gasteiger partial charge >= 0.3 is 12.0 Å². The molecule has 1 aromatic carbocycles. The van der Waals surface area contributed by atoms with Crippen molar-refractivity contribution in [1.82, 2.24) is 4.90 Å². The van der Waals surface area contributed by atoms with Crippen molar-refractivity contribution in [2.75, 3.05) is 32.6 Å². The van der Waals surface area contributed by atoms with E-state index in [4.69, 9.17) is 9.84 Å². The third kappa shape index (κ3) is 6.27. The zero-order valence-electron chi connectivity index (χ0n) is 12.5. The lowest BCUT2D eigenvalue weighted by atomic mass is 10.1. The third-order valence-corrected chi connectivity index (χ3v) is 3.06. The highest BCUT2D eigenvalue weighted by molar-refractivity contribution is 5.90. The summed E-state index contributed by atoms with van der Waals surface area (Å²) in [5.41, 5.74) is 1.47. The van der Waals surface area contributed by atoms with Gasteiger partial charge in [-0.1, -0.05) is 18.2 Å². The molecule has 0 spiro atoms. The van der Waals surface area contributed by atoms with Crippen LogP contribution in [0.3, 0.4) is 0 Å². The maximum absolute atomic E-state index is 12.1. The van der Waals surface area contributed by atoms with E-state index in [9.17, 15) is 9.59 Å². The molecule has 0 aliphatic carbocycles. The van der Waals surface area contributed by atoms with Gasteiger partial charge in [-0.05, 0) is 24.5 Å². The summed E-state index contributed by atoms with van der Waals surface area (Å²) < 4.78 is 4.95. The Morgan fingerprint density at radius 1 is 1.33 bits per heavy atom. The van der Waals surface area contributed by atoms with E-state index in [-0.39, 0.29) is 12.5 Å². The molecule has 0 saturated carbocycles. The minimum absolute atomic E-state index is 0.0383. The average Bonchev–Trinajstić information content (AvgIpc) is 2.46. The fourth-order valence-electron chi connectivity index (χ4n) is 1.86. The smallest absolute Gasteiger partial charge is 0.321 e. The third-order valence-electron chi connectivity index (χ3n) is 3.06. The Hall–Kier alpha value is -2.08. The second kappa shape index (κ2) is 8.97. The Bertz CT molecular complexity index is 476. The zero-order chi connectivity index (χ0) is 15.7. The van der Waals surface area contributed by atoms with Gasteiger partial charge < -0.3 is 20.1 Å². The zero-order valence-corrected chi connectivity index (χ0v) is 12.5. The van der Waals surface area contributed by atoms with Gasteiger partial charge in [-0.15, -0.1) is 0 Å². The molecule has 1 aromatic rings. The highest BCUT2D eigenvalue weighted by Crippen LogP contribution is 2.17. The van der Waals surface area contributed by atoms with Crippen LogP contribution in [0.15, 0.2) is 24.3 Å². The molecule has 0 atom stereocenters. The number of methoxy groups -OCH3 is 1. The normalized spacial score (nSPS) is 10.2. The molecule has 0 aliphatic heterocycles. The molecular weight excluding hydrogens is 272 g/mol. The first kappa shape index (κ1) is 17.0. The first-order chi connectivity index (χ1) is 10.0. The van der Waals surface area contributed by atoms with E-state index in [1.54, 1.807) is 25.1 Å². The number of hydrogen-bond donors (Lipinski definition) is 2. The van der Waals surface area contributed by atoms with Gasteiger partial charge in [0.1, 0.15) is 0 Å². The molecule has 1 rings (SSSR count). The molecule has 0 aromatic heterocycles. The van der Waals surface area contributed by atoms with Crippen LogP contribution >= 0.6 is 0 Å². The Morgan fingerprint density at radius 3 is 2.71 bits per heavy atom. The molecular formula is C15H22N2O4. The number of aryl methyl sites for hydroxylation is 1. The van der Waals surface area contributed by atoms with Gasteiger partial charge in [-0.3, -0.25) is 4.79 Å². The van der Waals surface area contributed by atoms with Crippen molar-refractivity contribution in [3.8, 4) is 0 Å². The Labute approximate surface area is 124 Å². The van der Waals surface area contributed by atoms with Crippen LogP contribution in [0, 0.1) is 0 Å². The Morgan fingerprint density at radius 2 is 2.05 bits per heavy atom. The van der Waals surface area contributed by atoms with Gasteiger partial charge in [0.05, 0.1) is 0 Å². The van der Waals surface area contributed by atoms with Crippen molar-refractivity contribution >= 4 is 17.7 Å². The molecule has 6 nitrogen and oxygen atoms in total. The van der Waals surface area contributed by atoms with Gasteiger partial charge in [0.2, 0.25) is 0 Å². The predicted octanol–water partition coefficient (Wildman–Crippen LogP) is 2.20. The number of urea groups is 1. The van der Waals surface area contributed by atoms with Crippen molar-refractivity contribution in [1.29, 1.82) is 0 Å². The number of carboxylic acid groups (broad SMARTS) is 1. The van der Waals surface area contributed by atoms with Crippen LogP contribution in [0.25, 0.3) is 0 Å². The molecule has 2 amide bonds. The van der Waals surface area contributed by atoms with E-state index in [1.165, 1.54) is 0 Å². The van der Waals surface area contributed by atoms with Gasteiger partial charge in [-0.2, -0.15) is 0 Å². The van der Waals surface area contributed by atoms with Crippen LogP contribution < -0.4 is 5.32 Å². The standard InChI is InChI=1S/C15H22N2O4/c1-17(10-5-11-21-2)15(20)16-13-7-4-3-6-12(13)8-9-14(18)19/h3-4,6-7H,5,8-11H2,1-2H3,(H,16,20)(H,18,19). The Balaban J connectivity index is 2.60. The lowest BCUT2D eigenvalue weighted by molar-refractivity contribution is -0.136. The van der Waals surface area contributed by atoms with E-state index >= 15 is 0 Å². The molecule has 0 heterocycles. The van der Waals surface area contributed by atoms with Crippen LogP contribution in [0.4, 0.5) is 10.5 Å². The van der Waals surface area contributed by atoms with E-state index < -0.39 is 5.97 Å². The number of benzene rings is 1. The summed E-state index contributed by atoms with van der Waals surface area (Å²) >= 11 is 0. The largest absolute Gasteiger partial charge is 0.481 e. The lowest BCUT2D eigenvalue weighted by Gasteiger charge is -2.19. The minimum atomic E-state index is -0.854. The van der Waals surface area contributed by atoms with Crippen LogP contribution in [0.1, 0.15) is 18.4 Å². The van der Waals surface area contributed by atoms with Gasteiger partial charge in [0.15, 0.2) is 0 Å². The molecule has 0 unspecified atom stereocenters. The quantitative estimate of drug-likeness (QED) is 0.720. The number of para-hydroxylation sites is 1. The summed E-state index contributed by atoms with van der Waals surface area (Å²) in [6, 6.07) is 7.02. The van der Waals surface area contributed by atoms with Crippen molar-refractivity contribution in [3.63, 3.8) is 0 Å². The highest BCUT2D eigenvalue weighted by Gasteiger charge is 2.11. The van der Waals surface area contributed by atoms with Crippen LogP contribution in [0.5, 0.6) is 0 Å². The summed E-state index contributed by atoms with van der Waals surface area (Å²) in [7, 11) is 3.34. The SMILES string of the molecule is COCCCN(C)C(=O)Nc1ccccc1CCC(=O)O. The molecule has 21 heavy (non-hydrogen) atoms. The van der Waals surface area contributed by atoms with Crippen LogP contribution in [-0.4, -0.2) is 49.3 Å². The first-order valence-corrected chi connectivity index (χ1v) is 6.85. The van der Waals surface area contributed by atoms with E-state index in [2.05, 4.69) is 5.32 Å². The van der Waals surface area contributed by atoms with Gasteiger partial charge in [0.25, 0.3) is 0 Å². The van der Waals surface area contributed by atoms with E-state index in [0.29, 0.717) is 25.3 Å². The number of carbonyl (C=O) groups is 2. The second-order valence-electron chi connectivity index (χ2n) is 4.75. The maximum Gasteiger partial charge on any atom is 0.321 e. The molecule has 6 heteroatoms. The molecule has 0 radical (unpaired) electrons. The molecule has 0 aliphatic rings. The number of amides is 2. The van der Waals surface area contributed by atoms with Gasteiger partial charge in [0, 0.05) is 39.4 Å². The topological polar surface area (TPSA) is 78.9 Å². The number of nitrogens with one attached hydrogen (secondary N) is 1. The summed E-state index contributed by atoms with van der Waals surface area (Å²) in [4.78, 5) is 24.3. The van der Waals surface area contributed by atoms with Crippen molar-refractivity contribution in [2.45, 2.75) is 19.3 Å². The van der Waals surface area contributed by atoms with Crippen molar-refractivity contribution in [2.24, 2.45) is 0 Å². The number of carboxylic acids is 1. The minimum Gasteiger partial charge on any atom is -0.481 e. The lowest BCUT2D eigenvalue weighted by Crippen LogP contribution is -2.32. The van der Waals surface area contributed by atoms with Gasteiger partial charge in [-0.25, -0.2) is 4.79 Å². The number of aliphatic carboxylic acids is 1. The van der Waals surface area contributed by atoms with Crippen LogP contribution in [-0.2, 0) is 16.0 Å². The van der Waals surface area contributed by atoms with E-state index in [1.807, 2.05) is 18.2 Å². The Kier molecular flexibility index (Phi) is 7.25. The predicted molar refractivity (Wildman–Crippen MR) is 80.5 cm³/mol. The number of anilines is 1.